The first-order valence-corrected chi connectivity index (χ1v) is 15.4. The lowest BCUT2D eigenvalue weighted by atomic mass is 9.83. The first-order valence-electron chi connectivity index (χ1n) is 12.9. The monoisotopic (exact) mass is 665 g/mol. The number of hydrogen-bond donors (Lipinski definition) is 1. The first kappa shape index (κ1) is 28.3. The van der Waals surface area contributed by atoms with Crippen molar-refractivity contribution >= 4 is 68.1 Å². The number of carbonyl (C=O) groups is 3. The topological polar surface area (TPSA) is 107 Å². The Bertz CT molecular complexity index is 1730. The van der Waals surface area contributed by atoms with Gasteiger partial charge in [-0.25, -0.2) is 4.90 Å². The minimum atomic E-state index is -0.773. The fourth-order valence-corrected chi connectivity index (χ4v) is 8.33. The molecule has 3 heterocycles. The van der Waals surface area contributed by atoms with Gasteiger partial charge in [0, 0.05) is 21.0 Å². The molecule has 0 spiro atoms. The summed E-state index contributed by atoms with van der Waals surface area (Å²) >= 11 is 5.58. The molecule has 1 fully saturated rings. The second-order valence-electron chi connectivity index (χ2n) is 9.70. The largest absolute Gasteiger partial charge is 0.497 e. The van der Waals surface area contributed by atoms with E-state index < -0.39 is 23.0 Å². The lowest BCUT2D eigenvalue weighted by molar-refractivity contribution is -0.122. The maximum absolute atomic E-state index is 14.0. The van der Waals surface area contributed by atoms with Crippen LogP contribution in [0.4, 0.5) is 11.4 Å². The Morgan fingerprint density at radius 3 is 2.12 bits per heavy atom. The van der Waals surface area contributed by atoms with Crippen LogP contribution >= 0.6 is 39.0 Å². The molecule has 1 aromatic heterocycles. The second-order valence-corrected chi connectivity index (χ2v) is 12.7. The highest BCUT2D eigenvalue weighted by molar-refractivity contribution is 9.10. The maximum atomic E-state index is 14.0. The van der Waals surface area contributed by atoms with Crippen LogP contribution < -0.4 is 24.6 Å². The quantitative estimate of drug-likeness (QED) is 0.273. The Morgan fingerprint density at radius 2 is 1.50 bits per heavy atom. The van der Waals surface area contributed by atoms with E-state index in [-0.39, 0.29) is 23.2 Å². The van der Waals surface area contributed by atoms with E-state index in [9.17, 15) is 19.2 Å². The number of imide groups is 1. The Kier molecular flexibility index (Phi) is 7.69. The summed E-state index contributed by atoms with van der Waals surface area (Å²) in [6.45, 7) is -0.241. The van der Waals surface area contributed by atoms with Gasteiger partial charge in [-0.15, -0.1) is 0 Å². The summed E-state index contributed by atoms with van der Waals surface area (Å²) in [4.78, 5) is 55.7. The van der Waals surface area contributed by atoms with E-state index in [0.29, 0.717) is 32.8 Å². The summed E-state index contributed by atoms with van der Waals surface area (Å²) in [7, 11) is 3.13. The fourth-order valence-electron chi connectivity index (χ4n) is 5.29. The van der Waals surface area contributed by atoms with Crippen molar-refractivity contribution in [3.63, 3.8) is 0 Å². The molecular weight excluding hydrogens is 642 g/mol. The summed E-state index contributed by atoms with van der Waals surface area (Å²) in [5, 5.41) is 2.56. The van der Waals surface area contributed by atoms with Gasteiger partial charge in [0.1, 0.15) is 23.3 Å². The van der Waals surface area contributed by atoms with Crippen molar-refractivity contribution in [2.24, 2.45) is 5.92 Å². The molecular formula is C30H24BrN3O6S2. The summed E-state index contributed by atoms with van der Waals surface area (Å²) in [5.74, 6) is -1.06. The van der Waals surface area contributed by atoms with Crippen LogP contribution in [0.15, 0.2) is 87.1 Å². The van der Waals surface area contributed by atoms with E-state index in [4.69, 9.17) is 9.47 Å². The summed E-state index contributed by atoms with van der Waals surface area (Å²) in [6.07, 6.45) is 0. The molecule has 0 aliphatic carbocycles. The molecule has 2 aliphatic rings. The number of anilines is 2. The Hall–Kier alpha value is -3.87. The number of ether oxygens (including phenoxy) is 2. The predicted molar refractivity (Wildman–Crippen MR) is 165 cm³/mol. The second kappa shape index (κ2) is 11.4. The van der Waals surface area contributed by atoms with E-state index >= 15 is 0 Å². The molecule has 0 radical (unpaired) electrons. The molecule has 12 heteroatoms. The fraction of sp³-hybridized carbons (Fsp3) is 0.200. The van der Waals surface area contributed by atoms with Gasteiger partial charge in [-0.05, 0) is 66.2 Å². The van der Waals surface area contributed by atoms with Crippen LogP contribution in [0.25, 0.3) is 0 Å². The standard InChI is InChI=1S/C30H24BrN3O6S2/c1-39-20-11-3-16(4-12-20)23-24-25(28(37)34(27(24)36)19-9-5-17(31)6-10-19)41-29-26(23)42-30(38)33(29)15-22(35)32-18-7-13-21(40-2)14-8-18/h3-14,23-25H,15H2,1-2H3,(H,32,35)/t23-,24?,25?/m1/s1. The summed E-state index contributed by atoms with van der Waals surface area (Å²) in [6, 6.07) is 21.2. The van der Waals surface area contributed by atoms with Gasteiger partial charge in [0.15, 0.2) is 0 Å². The zero-order chi connectivity index (χ0) is 29.5. The highest BCUT2D eigenvalue weighted by Crippen LogP contribution is 2.54. The van der Waals surface area contributed by atoms with Crippen molar-refractivity contribution in [3.05, 3.63) is 97.4 Å². The zero-order valence-corrected chi connectivity index (χ0v) is 25.6. The van der Waals surface area contributed by atoms with Gasteiger partial charge in [0.25, 0.3) is 0 Å². The van der Waals surface area contributed by atoms with Gasteiger partial charge in [-0.2, -0.15) is 0 Å². The van der Waals surface area contributed by atoms with Crippen molar-refractivity contribution in [2.45, 2.75) is 22.7 Å². The highest BCUT2D eigenvalue weighted by atomic mass is 79.9. The maximum Gasteiger partial charge on any atom is 0.308 e. The number of nitrogens with one attached hydrogen (secondary N) is 1. The van der Waals surface area contributed by atoms with Gasteiger partial charge in [-0.3, -0.25) is 23.7 Å². The molecule has 9 nitrogen and oxygen atoms in total. The number of halogens is 1. The normalized spacial score (nSPS) is 19.3. The predicted octanol–water partition coefficient (Wildman–Crippen LogP) is 5.12. The van der Waals surface area contributed by atoms with E-state index in [1.165, 1.54) is 21.2 Å². The van der Waals surface area contributed by atoms with Crippen molar-refractivity contribution in [1.29, 1.82) is 0 Å². The number of rotatable bonds is 7. The van der Waals surface area contributed by atoms with Gasteiger partial charge in [-0.1, -0.05) is 51.2 Å². The van der Waals surface area contributed by atoms with Crippen LogP contribution in [0, 0.1) is 5.92 Å². The number of methoxy groups -OCH3 is 2. The third-order valence-corrected chi connectivity index (χ3v) is 10.4. The number of thiazole rings is 1. The number of amides is 3. The molecule has 3 atom stereocenters. The van der Waals surface area contributed by atoms with Crippen molar-refractivity contribution < 1.29 is 23.9 Å². The first-order chi connectivity index (χ1) is 20.3. The summed E-state index contributed by atoms with van der Waals surface area (Å²) in [5.41, 5.74) is 1.82. The highest BCUT2D eigenvalue weighted by Gasteiger charge is 2.56. The average molecular weight is 667 g/mol. The van der Waals surface area contributed by atoms with Crippen LogP contribution in [0.3, 0.4) is 0 Å². The SMILES string of the molecule is COc1ccc(NC(=O)Cn2c3c(sc2=O)[C@H](c2ccc(OC)cc2)C2C(=O)N(c4ccc(Br)cc4)C(=O)C2S3)cc1. The van der Waals surface area contributed by atoms with Gasteiger partial charge in [0.05, 0.1) is 30.9 Å². The Balaban J connectivity index is 1.38. The number of carbonyl (C=O) groups excluding carboxylic acids is 3. The number of nitrogens with zero attached hydrogens (tertiary/aromatic N) is 2. The van der Waals surface area contributed by atoms with Crippen molar-refractivity contribution in [3.8, 4) is 11.5 Å². The Labute approximate surface area is 257 Å². The molecule has 3 amide bonds. The lowest BCUT2D eigenvalue weighted by Gasteiger charge is -2.30. The van der Waals surface area contributed by atoms with E-state index in [1.807, 2.05) is 12.1 Å². The minimum absolute atomic E-state index is 0.241. The van der Waals surface area contributed by atoms with Gasteiger partial charge >= 0.3 is 4.87 Å². The molecule has 6 rings (SSSR count). The van der Waals surface area contributed by atoms with Crippen LogP contribution in [0.1, 0.15) is 16.4 Å². The Morgan fingerprint density at radius 1 is 0.881 bits per heavy atom. The van der Waals surface area contributed by atoms with Gasteiger partial charge < -0.3 is 14.8 Å². The molecule has 4 aromatic rings. The average Bonchev–Trinajstić information content (AvgIpc) is 3.44. The third-order valence-electron chi connectivity index (χ3n) is 7.28. The van der Waals surface area contributed by atoms with Crippen molar-refractivity contribution in [2.75, 3.05) is 24.4 Å². The molecule has 0 bridgehead atoms. The van der Waals surface area contributed by atoms with E-state index in [1.54, 1.807) is 74.9 Å². The zero-order valence-electron chi connectivity index (χ0n) is 22.4. The van der Waals surface area contributed by atoms with Crippen LogP contribution in [-0.2, 0) is 20.9 Å². The van der Waals surface area contributed by atoms with Crippen molar-refractivity contribution in [1.82, 2.24) is 4.57 Å². The van der Waals surface area contributed by atoms with Gasteiger partial charge in [0.2, 0.25) is 17.7 Å². The molecule has 42 heavy (non-hydrogen) atoms. The number of hydrogen-bond acceptors (Lipinski definition) is 8. The molecule has 3 aromatic carbocycles. The molecule has 2 aliphatic heterocycles. The van der Waals surface area contributed by atoms with Crippen LogP contribution in [0.2, 0.25) is 0 Å². The lowest BCUT2D eigenvalue weighted by Crippen LogP contribution is -2.33. The van der Waals surface area contributed by atoms with Crippen LogP contribution in [-0.4, -0.2) is 41.8 Å². The molecule has 214 valence electrons. The summed E-state index contributed by atoms with van der Waals surface area (Å²) < 4.78 is 12.7. The smallest absolute Gasteiger partial charge is 0.308 e. The molecule has 2 unspecified atom stereocenters. The van der Waals surface area contributed by atoms with E-state index in [0.717, 1.165) is 21.4 Å². The number of thioether (sulfide) groups is 1. The third kappa shape index (κ3) is 5.03. The van der Waals surface area contributed by atoms with Crippen LogP contribution in [0.5, 0.6) is 11.5 Å². The molecule has 1 N–H and O–H groups in total. The minimum Gasteiger partial charge on any atom is -0.497 e. The number of aromatic nitrogens is 1. The molecule has 0 saturated carbocycles. The number of benzene rings is 3. The molecule has 1 saturated heterocycles. The number of fused-ring (bicyclic) bond motifs is 2. The van der Waals surface area contributed by atoms with E-state index in [2.05, 4.69) is 21.2 Å².